The normalized spacial score (nSPS) is 35.6. The smallest absolute Gasteiger partial charge is 0.102 e. The Labute approximate surface area is 60.2 Å². The zero-order valence-corrected chi connectivity index (χ0v) is 6.17. The van der Waals surface area contributed by atoms with E-state index in [-0.39, 0.29) is 0 Å². The van der Waals surface area contributed by atoms with Crippen molar-refractivity contribution < 1.29 is 0 Å². The maximum absolute atomic E-state index is 5.79. The summed E-state index contributed by atoms with van der Waals surface area (Å²) in [6, 6.07) is 0. The lowest BCUT2D eigenvalue weighted by Gasteiger charge is -2.08. The Morgan fingerprint density at radius 2 is 2.12 bits per heavy atom. The Morgan fingerprint density at radius 1 is 1.50 bits per heavy atom. The van der Waals surface area contributed by atoms with E-state index in [1.165, 1.54) is 0 Å². The summed E-state index contributed by atoms with van der Waals surface area (Å²) in [5, 5.41) is 0. The first-order valence-corrected chi connectivity index (χ1v) is 3.57. The van der Waals surface area contributed by atoms with Gasteiger partial charge in [-0.05, 0) is 25.2 Å². The van der Waals surface area contributed by atoms with E-state index in [0.717, 1.165) is 19.3 Å². The van der Waals surface area contributed by atoms with Crippen LogP contribution in [0.25, 0.3) is 0 Å². The van der Waals surface area contributed by atoms with Gasteiger partial charge >= 0.3 is 0 Å². The van der Waals surface area contributed by atoms with E-state index in [2.05, 4.69) is 6.92 Å². The molecule has 0 bridgehead atoms. The van der Waals surface area contributed by atoms with E-state index < -0.39 is 4.33 Å². The highest BCUT2D eigenvalue weighted by atomic mass is 35.5. The predicted molar refractivity (Wildman–Crippen MR) is 37.1 cm³/mol. The number of alkyl halides is 2. The van der Waals surface area contributed by atoms with Crippen LogP contribution < -0.4 is 0 Å². The molecule has 0 nitrogen and oxygen atoms in total. The van der Waals surface area contributed by atoms with Gasteiger partial charge in [0.15, 0.2) is 0 Å². The average molecular weight is 152 g/mol. The summed E-state index contributed by atoms with van der Waals surface area (Å²) >= 11 is 11.6. The monoisotopic (exact) mass is 151 g/mol. The van der Waals surface area contributed by atoms with Crippen LogP contribution in [-0.4, -0.2) is 4.33 Å². The van der Waals surface area contributed by atoms with E-state index >= 15 is 0 Å². The topological polar surface area (TPSA) is 0 Å². The van der Waals surface area contributed by atoms with Gasteiger partial charge in [0.1, 0.15) is 4.33 Å². The molecule has 0 heterocycles. The molecule has 0 saturated heterocycles. The van der Waals surface area contributed by atoms with Crippen LogP contribution in [0, 0.1) is 12.8 Å². The molecule has 47 valence electrons. The first-order valence-electron chi connectivity index (χ1n) is 2.81. The van der Waals surface area contributed by atoms with E-state index in [1.54, 1.807) is 0 Å². The highest BCUT2D eigenvalue weighted by Gasteiger charge is 2.32. The van der Waals surface area contributed by atoms with Crippen molar-refractivity contribution in [3.8, 4) is 0 Å². The zero-order chi connectivity index (χ0) is 6.20. The van der Waals surface area contributed by atoms with Crippen LogP contribution in [0.1, 0.15) is 19.3 Å². The molecule has 0 aliphatic heterocycles. The summed E-state index contributed by atoms with van der Waals surface area (Å²) in [5.41, 5.74) is 0. The summed E-state index contributed by atoms with van der Waals surface area (Å²) in [6.45, 7) is 3.86. The third-order valence-corrected chi connectivity index (χ3v) is 2.19. The fraction of sp³-hybridized carbons (Fsp3) is 0.833. The molecule has 1 unspecified atom stereocenters. The Bertz CT molecular complexity index is 88.5. The number of rotatable bonds is 0. The summed E-state index contributed by atoms with van der Waals surface area (Å²) in [4.78, 5) is 0. The molecule has 2 heteroatoms. The van der Waals surface area contributed by atoms with Crippen LogP contribution in [-0.2, 0) is 0 Å². The van der Waals surface area contributed by atoms with Crippen molar-refractivity contribution >= 4 is 23.2 Å². The molecule has 1 fully saturated rings. The fourth-order valence-corrected chi connectivity index (χ4v) is 1.70. The quantitative estimate of drug-likeness (QED) is 0.468. The van der Waals surface area contributed by atoms with Crippen molar-refractivity contribution in [1.82, 2.24) is 0 Å². The third-order valence-electron chi connectivity index (χ3n) is 1.51. The second kappa shape index (κ2) is 2.07. The van der Waals surface area contributed by atoms with Gasteiger partial charge in [-0.1, -0.05) is 6.92 Å². The minimum absolute atomic E-state index is 0.452. The first-order chi connectivity index (χ1) is 3.60. The standard InChI is InChI=1S/C6H9Cl2/c1-5-2-3-6(7,8)4-5/h5H,1-4H2. The maximum atomic E-state index is 5.79. The van der Waals surface area contributed by atoms with Crippen molar-refractivity contribution in [2.45, 2.75) is 23.6 Å². The van der Waals surface area contributed by atoms with E-state index in [0.29, 0.717) is 5.92 Å². The highest BCUT2D eigenvalue weighted by Crippen LogP contribution is 2.42. The average Bonchev–Trinajstić information content (AvgIpc) is 1.82. The molecule has 1 aliphatic rings. The van der Waals surface area contributed by atoms with Gasteiger partial charge in [-0.15, -0.1) is 23.2 Å². The molecule has 1 saturated carbocycles. The van der Waals surface area contributed by atoms with Crippen LogP contribution in [0.3, 0.4) is 0 Å². The molecular formula is C6H9Cl2. The van der Waals surface area contributed by atoms with Crippen LogP contribution >= 0.6 is 23.2 Å². The Morgan fingerprint density at radius 3 is 2.25 bits per heavy atom. The molecule has 1 rings (SSSR count). The summed E-state index contributed by atoms with van der Waals surface area (Å²) in [5.74, 6) is 0.477. The van der Waals surface area contributed by atoms with Gasteiger partial charge in [-0.2, -0.15) is 0 Å². The zero-order valence-electron chi connectivity index (χ0n) is 4.66. The SMILES string of the molecule is [CH2]C1CCC(Cl)(Cl)C1. The molecule has 0 amide bonds. The van der Waals surface area contributed by atoms with Crippen molar-refractivity contribution in [2.24, 2.45) is 5.92 Å². The number of hydrogen-bond acceptors (Lipinski definition) is 0. The Balaban J connectivity index is 2.44. The molecule has 1 aliphatic carbocycles. The Hall–Kier alpha value is 0.580. The molecule has 1 atom stereocenters. The molecule has 0 aromatic rings. The van der Waals surface area contributed by atoms with Gasteiger partial charge in [-0.3, -0.25) is 0 Å². The van der Waals surface area contributed by atoms with Crippen molar-refractivity contribution in [2.75, 3.05) is 0 Å². The van der Waals surface area contributed by atoms with Crippen LogP contribution in [0.5, 0.6) is 0 Å². The molecule has 8 heavy (non-hydrogen) atoms. The van der Waals surface area contributed by atoms with Gasteiger partial charge in [0.25, 0.3) is 0 Å². The minimum Gasteiger partial charge on any atom is -0.102 e. The molecule has 1 radical (unpaired) electrons. The van der Waals surface area contributed by atoms with Crippen molar-refractivity contribution in [3.63, 3.8) is 0 Å². The van der Waals surface area contributed by atoms with E-state index in [9.17, 15) is 0 Å². The highest BCUT2D eigenvalue weighted by molar-refractivity contribution is 6.48. The Kier molecular flexibility index (Phi) is 1.74. The van der Waals surface area contributed by atoms with E-state index in [1.807, 2.05) is 0 Å². The molecule has 0 spiro atoms. The lowest BCUT2D eigenvalue weighted by molar-refractivity contribution is 0.675. The van der Waals surface area contributed by atoms with Gasteiger partial charge in [0.2, 0.25) is 0 Å². The fourth-order valence-electron chi connectivity index (χ4n) is 1.04. The van der Waals surface area contributed by atoms with Crippen molar-refractivity contribution in [1.29, 1.82) is 0 Å². The van der Waals surface area contributed by atoms with Crippen LogP contribution in [0.15, 0.2) is 0 Å². The van der Waals surface area contributed by atoms with Gasteiger partial charge in [0.05, 0.1) is 0 Å². The third kappa shape index (κ3) is 1.53. The lowest BCUT2D eigenvalue weighted by atomic mass is 10.1. The summed E-state index contributed by atoms with van der Waals surface area (Å²) < 4.78 is -0.452. The molecular weight excluding hydrogens is 143 g/mol. The lowest BCUT2D eigenvalue weighted by Crippen LogP contribution is -2.04. The second-order valence-corrected chi connectivity index (χ2v) is 4.11. The molecule has 0 N–H and O–H groups in total. The molecule has 0 aromatic carbocycles. The summed E-state index contributed by atoms with van der Waals surface area (Å²) in [7, 11) is 0. The number of hydrogen-bond donors (Lipinski definition) is 0. The largest absolute Gasteiger partial charge is 0.118 e. The summed E-state index contributed by atoms with van der Waals surface area (Å²) in [6.07, 6.45) is 2.84. The van der Waals surface area contributed by atoms with Gasteiger partial charge < -0.3 is 0 Å². The molecule has 0 aromatic heterocycles. The first kappa shape index (κ1) is 6.70. The van der Waals surface area contributed by atoms with Gasteiger partial charge in [0, 0.05) is 0 Å². The maximum Gasteiger partial charge on any atom is 0.118 e. The number of halogens is 2. The second-order valence-electron chi connectivity index (χ2n) is 2.46. The predicted octanol–water partition coefficient (Wildman–Crippen LogP) is 2.79. The van der Waals surface area contributed by atoms with Crippen molar-refractivity contribution in [3.05, 3.63) is 6.92 Å². The van der Waals surface area contributed by atoms with Crippen LogP contribution in [0.4, 0.5) is 0 Å². The van der Waals surface area contributed by atoms with Crippen LogP contribution in [0.2, 0.25) is 0 Å². The van der Waals surface area contributed by atoms with Gasteiger partial charge in [-0.25, -0.2) is 0 Å². The van der Waals surface area contributed by atoms with E-state index in [4.69, 9.17) is 23.2 Å². The minimum atomic E-state index is -0.452.